The number of carbonyl (C=O) groups is 1. The van der Waals surface area contributed by atoms with E-state index in [1.165, 1.54) is 11.8 Å². The molecule has 1 aliphatic rings. The number of fused-ring (bicyclic) bond motifs is 1. The molecule has 0 saturated heterocycles. The van der Waals surface area contributed by atoms with E-state index in [9.17, 15) is 4.79 Å². The van der Waals surface area contributed by atoms with E-state index in [0.717, 1.165) is 26.5 Å². The third-order valence-corrected chi connectivity index (χ3v) is 4.47. The van der Waals surface area contributed by atoms with Gasteiger partial charge < -0.3 is 0 Å². The first-order valence-corrected chi connectivity index (χ1v) is 8.07. The van der Waals surface area contributed by atoms with E-state index in [-0.39, 0.29) is 5.91 Å². The normalized spacial score (nSPS) is 16.8. The molecule has 4 nitrogen and oxygen atoms in total. The molecule has 102 valence electrons. The fourth-order valence-corrected chi connectivity index (χ4v) is 3.43. The van der Waals surface area contributed by atoms with Crippen molar-refractivity contribution in [3.63, 3.8) is 0 Å². The molecule has 20 heavy (non-hydrogen) atoms. The molecule has 0 radical (unpaired) electrons. The molecule has 1 aliphatic heterocycles. The number of aliphatic imine (C=N–C) groups is 1. The Balaban J connectivity index is 1.95. The Kier molecular flexibility index (Phi) is 3.58. The highest BCUT2D eigenvalue weighted by atomic mass is 32.2. The molecule has 0 atom stereocenters. The summed E-state index contributed by atoms with van der Waals surface area (Å²) in [6.07, 6.45) is 1.81. The number of rotatable bonds is 2. The largest absolute Gasteiger partial charge is 0.300 e. The molecule has 0 bridgehead atoms. The fraction of sp³-hybridized carbons (Fsp3) is 0.214. The van der Waals surface area contributed by atoms with Gasteiger partial charge in [-0.15, -0.1) is 11.3 Å². The van der Waals surface area contributed by atoms with Crippen molar-refractivity contribution in [1.29, 1.82) is 0 Å². The molecule has 0 spiro atoms. The topological polar surface area (TPSA) is 54.4 Å². The Morgan fingerprint density at radius 3 is 3.10 bits per heavy atom. The van der Waals surface area contributed by atoms with Gasteiger partial charge in [0.25, 0.3) is 5.91 Å². The minimum atomic E-state index is -0.137. The lowest BCUT2D eigenvalue weighted by atomic mass is 10.2. The van der Waals surface area contributed by atoms with Gasteiger partial charge in [-0.1, -0.05) is 24.8 Å². The van der Waals surface area contributed by atoms with E-state index >= 15 is 0 Å². The maximum Gasteiger partial charge on any atom is 0.275 e. The Bertz CT molecular complexity index is 746. The number of aryl methyl sites for hydroxylation is 1. The number of aromatic nitrogens is 1. The van der Waals surface area contributed by atoms with Gasteiger partial charge in [0.05, 0.1) is 15.2 Å². The Morgan fingerprint density at radius 2 is 2.30 bits per heavy atom. The van der Waals surface area contributed by atoms with Crippen LogP contribution in [-0.4, -0.2) is 21.8 Å². The first-order chi connectivity index (χ1) is 9.65. The molecule has 0 saturated carbocycles. The smallest absolute Gasteiger partial charge is 0.275 e. The molecule has 2 heterocycles. The minimum absolute atomic E-state index is 0.137. The predicted molar refractivity (Wildman–Crippen MR) is 86.0 cm³/mol. The van der Waals surface area contributed by atoms with Crippen molar-refractivity contribution in [2.24, 2.45) is 4.99 Å². The highest BCUT2D eigenvalue weighted by Crippen LogP contribution is 2.24. The summed E-state index contributed by atoms with van der Waals surface area (Å²) in [6.45, 7) is 4.02. The highest BCUT2D eigenvalue weighted by molar-refractivity contribution is 8.13. The molecule has 2 aromatic rings. The number of thioether (sulfide) groups is 1. The van der Waals surface area contributed by atoms with E-state index < -0.39 is 0 Å². The van der Waals surface area contributed by atoms with Crippen LogP contribution in [0.25, 0.3) is 16.3 Å². The number of amidine groups is 1. The number of hydrogen-bond donors (Lipinski definition) is 1. The SMILES string of the molecule is CCSC1=N/C(=C\c2ccc3nc(C)sc3c2)C(=O)N1. The molecule has 1 amide bonds. The molecule has 1 aromatic carbocycles. The Hall–Kier alpha value is -1.66. The minimum Gasteiger partial charge on any atom is -0.300 e. The molecule has 1 aromatic heterocycles. The second-order valence-electron chi connectivity index (χ2n) is 4.29. The van der Waals surface area contributed by atoms with Crippen LogP contribution in [0.3, 0.4) is 0 Å². The van der Waals surface area contributed by atoms with E-state index in [1.54, 1.807) is 11.3 Å². The van der Waals surface area contributed by atoms with Crippen LogP contribution in [0.5, 0.6) is 0 Å². The highest BCUT2D eigenvalue weighted by Gasteiger charge is 2.19. The number of carbonyl (C=O) groups excluding carboxylic acids is 1. The number of thiazole rings is 1. The fourth-order valence-electron chi connectivity index (χ4n) is 1.96. The van der Waals surface area contributed by atoms with Gasteiger partial charge in [0, 0.05) is 0 Å². The third kappa shape index (κ3) is 2.62. The van der Waals surface area contributed by atoms with Crippen LogP contribution < -0.4 is 5.32 Å². The van der Waals surface area contributed by atoms with Gasteiger partial charge in [0.1, 0.15) is 5.70 Å². The molecule has 0 aliphatic carbocycles. The number of nitrogens with zero attached hydrogens (tertiary/aromatic N) is 2. The van der Waals surface area contributed by atoms with E-state index in [0.29, 0.717) is 10.9 Å². The second kappa shape index (κ2) is 5.38. The van der Waals surface area contributed by atoms with Crippen LogP contribution in [0.2, 0.25) is 0 Å². The van der Waals surface area contributed by atoms with Gasteiger partial charge in [-0.05, 0) is 36.4 Å². The second-order valence-corrected chi connectivity index (χ2v) is 6.78. The standard InChI is InChI=1S/C14H13N3OS2/c1-3-19-14-16-11(13(18)17-14)6-9-4-5-10-12(7-9)20-8(2)15-10/h4-7H,3H2,1-2H3,(H,16,17,18)/b11-6-. The molecule has 3 rings (SSSR count). The monoisotopic (exact) mass is 303 g/mol. The molecular formula is C14H13N3OS2. The van der Waals surface area contributed by atoms with E-state index in [4.69, 9.17) is 0 Å². The van der Waals surface area contributed by atoms with Gasteiger partial charge in [-0.25, -0.2) is 9.98 Å². The van der Waals surface area contributed by atoms with Crippen molar-refractivity contribution >= 4 is 50.5 Å². The van der Waals surface area contributed by atoms with Crippen LogP contribution in [0.1, 0.15) is 17.5 Å². The van der Waals surface area contributed by atoms with Gasteiger partial charge >= 0.3 is 0 Å². The molecule has 1 N–H and O–H groups in total. The van der Waals surface area contributed by atoms with Crippen molar-refractivity contribution in [1.82, 2.24) is 10.3 Å². The van der Waals surface area contributed by atoms with E-state index in [1.807, 2.05) is 38.1 Å². The number of amides is 1. The predicted octanol–water partition coefficient (Wildman–Crippen LogP) is 3.18. The summed E-state index contributed by atoms with van der Waals surface area (Å²) in [5, 5.41) is 4.49. The van der Waals surface area contributed by atoms with Crippen molar-refractivity contribution in [2.45, 2.75) is 13.8 Å². The zero-order valence-corrected chi connectivity index (χ0v) is 12.8. The summed E-state index contributed by atoms with van der Waals surface area (Å²) < 4.78 is 1.13. The average molecular weight is 303 g/mol. The Labute approximate surface area is 125 Å². The van der Waals surface area contributed by atoms with Crippen LogP contribution in [0.4, 0.5) is 0 Å². The van der Waals surface area contributed by atoms with Gasteiger partial charge in [-0.3, -0.25) is 10.1 Å². The van der Waals surface area contributed by atoms with Gasteiger partial charge in [0.2, 0.25) is 0 Å². The summed E-state index contributed by atoms with van der Waals surface area (Å²) in [6, 6.07) is 5.98. The first kappa shape index (κ1) is 13.3. The van der Waals surface area contributed by atoms with E-state index in [2.05, 4.69) is 15.3 Å². The third-order valence-electron chi connectivity index (χ3n) is 2.78. The molecule has 6 heteroatoms. The molecule has 0 unspecified atom stereocenters. The van der Waals surface area contributed by atoms with Gasteiger partial charge in [-0.2, -0.15) is 0 Å². The van der Waals surface area contributed by atoms with Crippen LogP contribution >= 0.6 is 23.1 Å². The van der Waals surface area contributed by atoms with Crippen LogP contribution in [0.15, 0.2) is 28.9 Å². The summed E-state index contributed by atoms with van der Waals surface area (Å²) >= 11 is 3.18. The zero-order valence-electron chi connectivity index (χ0n) is 11.1. The lowest BCUT2D eigenvalue weighted by Gasteiger charge is -1.95. The summed E-state index contributed by atoms with van der Waals surface area (Å²) in [7, 11) is 0. The maximum absolute atomic E-state index is 11.8. The van der Waals surface area contributed by atoms with Crippen LogP contribution in [-0.2, 0) is 4.79 Å². The van der Waals surface area contributed by atoms with Crippen molar-refractivity contribution in [3.8, 4) is 0 Å². The average Bonchev–Trinajstić information content (AvgIpc) is 2.92. The number of benzene rings is 1. The summed E-state index contributed by atoms with van der Waals surface area (Å²) in [5.74, 6) is 0.750. The quantitative estimate of drug-likeness (QED) is 0.867. The summed E-state index contributed by atoms with van der Waals surface area (Å²) in [5.41, 5.74) is 2.43. The zero-order chi connectivity index (χ0) is 14.1. The maximum atomic E-state index is 11.8. The van der Waals surface area contributed by atoms with Crippen LogP contribution in [0, 0.1) is 6.92 Å². The van der Waals surface area contributed by atoms with Gasteiger partial charge in [0.15, 0.2) is 5.17 Å². The molecule has 0 fully saturated rings. The van der Waals surface area contributed by atoms with Crippen molar-refractivity contribution < 1.29 is 4.79 Å². The number of nitrogens with one attached hydrogen (secondary N) is 1. The summed E-state index contributed by atoms with van der Waals surface area (Å²) in [4.78, 5) is 20.5. The Morgan fingerprint density at radius 1 is 1.45 bits per heavy atom. The van der Waals surface area contributed by atoms with Crippen molar-refractivity contribution in [3.05, 3.63) is 34.5 Å². The first-order valence-electron chi connectivity index (χ1n) is 6.27. The number of hydrogen-bond acceptors (Lipinski definition) is 5. The van der Waals surface area contributed by atoms with Crippen molar-refractivity contribution in [2.75, 3.05) is 5.75 Å². The lowest BCUT2D eigenvalue weighted by molar-refractivity contribution is -0.115. The lowest BCUT2D eigenvalue weighted by Crippen LogP contribution is -2.21. The molecular weight excluding hydrogens is 290 g/mol.